The minimum absolute atomic E-state index is 0.292. The third-order valence-electron chi connectivity index (χ3n) is 1.53. The van der Waals surface area contributed by atoms with Crippen molar-refractivity contribution in [3.05, 3.63) is 33.8 Å². The fourth-order valence-corrected chi connectivity index (χ4v) is 1.50. The van der Waals surface area contributed by atoms with Crippen LogP contribution in [0, 0.1) is 18.8 Å². The molecule has 0 radical (unpaired) electrons. The summed E-state index contributed by atoms with van der Waals surface area (Å²) in [6.45, 7) is 2.02. The number of rotatable bonds is 1. The summed E-state index contributed by atoms with van der Waals surface area (Å²) >= 11 is 3.41. The molecule has 66 valence electrons. The largest absolute Gasteiger partial charge is 0.302 e. The minimum Gasteiger partial charge on any atom is -0.302 e. The SMILES string of the molecule is Cc1ccc(C#CCC=O)c(Br)c1. The van der Waals surface area contributed by atoms with E-state index in [1.54, 1.807) is 0 Å². The van der Waals surface area contributed by atoms with Crippen LogP contribution in [0.1, 0.15) is 17.5 Å². The van der Waals surface area contributed by atoms with Crippen molar-refractivity contribution in [3.8, 4) is 11.8 Å². The van der Waals surface area contributed by atoms with Crippen LogP contribution < -0.4 is 0 Å². The molecule has 0 unspecified atom stereocenters. The van der Waals surface area contributed by atoms with Crippen LogP contribution in [0.2, 0.25) is 0 Å². The van der Waals surface area contributed by atoms with Gasteiger partial charge in [0.2, 0.25) is 0 Å². The van der Waals surface area contributed by atoms with E-state index in [0.29, 0.717) is 6.42 Å². The zero-order chi connectivity index (χ0) is 9.68. The van der Waals surface area contributed by atoms with Gasteiger partial charge in [0, 0.05) is 10.0 Å². The summed E-state index contributed by atoms with van der Waals surface area (Å²) in [5.41, 5.74) is 2.11. The smallest absolute Gasteiger partial charge is 0.131 e. The van der Waals surface area contributed by atoms with Crippen LogP contribution in [-0.4, -0.2) is 6.29 Å². The zero-order valence-electron chi connectivity index (χ0n) is 7.30. The first kappa shape index (κ1) is 10.0. The molecule has 13 heavy (non-hydrogen) atoms. The summed E-state index contributed by atoms with van der Waals surface area (Å²) in [6, 6.07) is 5.94. The number of carbonyl (C=O) groups excluding carboxylic acids is 1. The van der Waals surface area contributed by atoms with Crippen molar-refractivity contribution in [3.63, 3.8) is 0 Å². The van der Waals surface area contributed by atoms with E-state index in [1.165, 1.54) is 5.56 Å². The van der Waals surface area contributed by atoms with Crippen LogP contribution in [0.25, 0.3) is 0 Å². The van der Waals surface area contributed by atoms with Gasteiger partial charge < -0.3 is 4.79 Å². The van der Waals surface area contributed by atoms with Gasteiger partial charge in [-0.25, -0.2) is 0 Å². The summed E-state index contributed by atoms with van der Waals surface area (Å²) in [6.07, 6.45) is 1.09. The van der Waals surface area contributed by atoms with Gasteiger partial charge in [0.1, 0.15) is 6.29 Å². The van der Waals surface area contributed by atoms with Gasteiger partial charge in [-0.3, -0.25) is 0 Å². The highest BCUT2D eigenvalue weighted by molar-refractivity contribution is 9.10. The highest BCUT2D eigenvalue weighted by Gasteiger charge is 1.94. The lowest BCUT2D eigenvalue weighted by molar-refractivity contribution is -0.107. The van der Waals surface area contributed by atoms with Crippen molar-refractivity contribution >= 4 is 22.2 Å². The number of carbonyl (C=O) groups is 1. The van der Waals surface area contributed by atoms with E-state index >= 15 is 0 Å². The van der Waals surface area contributed by atoms with Gasteiger partial charge in [-0.05, 0) is 40.5 Å². The number of hydrogen-bond donors (Lipinski definition) is 0. The van der Waals surface area contributed by atoms with Crippen molar-refractivity contribution in [1.82, 2.24) is 0 Å². The first-order valence-electron chi connectivity index (χ1n) is 3.92. The van der Waals surface area contributed by atoms with E-state index < -0.39 is 0 Å². The summed E-state index contributed by atoms with van der Waals surface area (Å²) in [7, 11) is 0. The molecular weight excluding hydrogens is 228 g/mol. The molecule has 0 aliphatic carbocycles. The van der Waals surface area contributed by atoms with E-state index in [1.807, 2.05) is 25.1 Å². The van der Waals surface area contributed by atoms with Gasteiger partial charge in [0.25, 0.3) is 0 Å². The van der Waals surface area contributed by atoms with Crippen LogP contribution in [0.5, 0.6) is 0 Å². The van der Waals surface area contributed by atoms with Crippen molar-refractivity contribution < 1.29 is 4.79 Å². The second-order valence-corrected chi connectivity index (χ2v) is 3.51. The molecule has 1 aromatic carbocycles. The Morgan fingerprint density at radius 1 is 1.54 bits per heavy atom. The molecule has 0 saturated carbocycles. The molecule has 0 aromatic heterocycles. The highest BCUT2D eigenvalue weighted by atomic mass is 79.9. The lowest BCUT2D eigenvalue weighted by atomic mass is 10.1. The predicted molar refractivity (Wildman–Crippen MR) is 56.4 cm³/mol. The van der Waals surface area contributed by atoms with Gasteiger partial charge in [-0.1, -0.05) is 17.9 Å². The first-order valence-corrected chi connectivity index (χ1v) is 4.72. The average Bonchev–Trinajstić information content (AvgIpc) is 2.09. The zero-order valence-corrected chi connectivity index (χ0v) is 8.89. The Morgan fingerprint density at radius 2 is 2.31 bits per heavy atom. The van der Waals surface area contributed by atoms with Gasteiger partial charge in [-0.2, -0.15) is 0 Å². The van der Waals surface area contributed by atoms with Crippen LogP contribution in [-0.2, 0) is 4.79 Å². The second kappa shape index (κ2) is 4.84. The number of benzene rings is 1. The fourth-order valence-electron chi connectivity index (χ4n) is 0.909. The molecule has 0 heterocycles. The van der Waals surface area contributed by atoms with E-state index in [9.17, 15) is 4.79 Å². The van der Waals surface area contributed by atoms with E-state index in [2.05, 4.69) is 27.8 Å². The van der Waals surface area contributed by atoms with E-state index in [4.69, 9.17) is 0 Å². The van der Waals surface area contributed by atoms with Crippen LogP contribution >= 0.6 is 15.9 Å². The van der Waals surface area contributed by atoms with Crippen LogP contribution in [0.4, 0.5) is 0 Å². The molecule has 0 bridgehead atoms. The van der Waals surface area contributed by atoms with Gasteiger partial charge in [0.15, 0.2) is 0 Å². The molecule has 1 aromatic rings. The Hall–Kier alpha value is -1.07. The summed E-state index contributed by atoms with van der Waals surface area (Å²) in [4.78, 5) is 10.0. The normalized spacial score (nSPS) is 8.77. The monoisotopic (exact) mass is 236 g/mol. The minimum atomic E-state index is 0.292. The van der Waals surface area contributed by atoms with Gasteiger partial charge >= 0.3 is 0 Å². The average molecular weight is 237 g/mol. The second-order valence-electron chi connectivity index (χ2n) is 2.66. The standard InChI is InChI=1S/C11H9BrO/c1-9-5-6-10(11(12)8-9)4-2-3-7-13/h5-8H,3H2,1H3. The number of halogens is 1. The van der Waals surface area contributed by atoms with Gasteiger partial charge in [0.05, 0.1) is 6.42 Å². The van der Waals surface area contributed by atoms with Crippen molar-refractivity contribution in [2.24, 2.45) is 0 Å². The Balaban J connectivity index is 2.91. The number of aryl methyl sites for hydroxylation is 1. The summed E-state index contributed by atoms with van der Waals surface area (Å²) < 4.78 is 0.978. The van der Waals surface area contributed by atoms with E-state index in [0.717, 1.165) is 16.3 Å². The maximum absolute atomic E-state index is 10.0. The predicted octanol–water partition coefficient (Wildman–Crippen LogP) is 2.70. The Labute approximate surface area is 86.3 Å². The molecular formula is C11H9BrO. The molecule has 0 N–H and O–H groups in total. The maximum atomic E-state index is 10.0. The summed E-state index contributed by atoms with van der Waals surface area (Å²) in [5.74, 6) is 5.68. The molecule has 1 rings (SSSR count). The molecule has 0 aliphatic rings. The summed E-state index contributed by atoms with van der Waals surface area (Å²) in [5, 5.41) is 0. The van der Waals surface area contributed by atoms with Crippen molar-refractivity contribution in [2.45, 2.75) is 13.3 Å². The molecule has 2 heteroatoms. The topological polar surface area (TPSA) is 17.1 Å². The molecule has 0 atom stereocenters. The van der Waals surface area contributed by atoms with E-state index in [-0.39, 0.29) is 0 Å². The Morgan fingerprint density at radius 3 is 2.92 bits per heavy atom. The lowest BCUT2D eigenvalue weighted by Crippen LogP contribution is -1.79. The van der Waals surface area contributed by atoms with Crippen LogP contribution in [0.15, 0.2) is 22.7 Å². The quantitative estimate of drug-likeness (QED) is 0.542. The fraction of sp³-hybridized carbons (Fsp3) is 0.182. The van der Waals surface area contributed by atoms with Crippen LogP contribution in [0.3, 0.4) is 0 Å². The molecule has 0 aliphatic heterocycles. The Kier molecular flexibility index (Phi) is 3.72. The van der Waals surface area contributed by atoms with Gasteiger partial charge in [-0.15, -0.1) is 0 Å². The first-order chi connectivity index (χ1) is 6.24. The van der Waals surface area contributed by atoms with Crippen molar-refractivity contribution in [1.29, 1.82) is 0 Å². The molecule has 0 amide bonds. The Bertz CT molecular complexity index is 371. The highest BCUT2D eigenvalue weighted by Crippen LogP contribution is 2.16. The molecule has 0 spiro atoms. The maximum Gasteiger partial charge on any atom is 0.131 e. The molecule has 1 nitrogen and oxygen atoms in total. The molecule has 0 fully saturated rings. The lowest BCUT2D eigenvalue weighted by Gasteiger charge is -1.96. The third-order valence-corrected chi connectivity index (χ3v) is 2.19. The van der Waals surface area contributed by atoms with Crippen molar-refractivity contribution in [2.75, 3.05) is 0 Å². The number of hydrogen-bond acceptors (Lipinski definition) is 1. The molecule has 0 saturated heterocycles. The third kappa shape index (κ3) is 3.04. The number of aldehydes is 1.